The molecule has 1 saturated heterocycles. The minimum Gasteiger partial charge on any atom is -0.444 e. The van der Waals surface area contributed by atoms with E-state index in [2.05, 4.69) is 0 Å². The number of ether oxygens (including phenoxy) is 1. The Morgan fingerprint density at radius 3 is 2.38 bits per heavy atom. The molecular formula is C23H38N4O6S. The van der Waals surface area contributed by atoms with Crippen molar-refractivity contribution < 1.29 is 22.9 Å². The van der Waals surface area contributed by atoms with E-state index in [9.17, 15) is 23.3 Å². The average Bonchev–Trinajstić information content (AvgIpc) is 3.14. The third-order valence-corrected chi connectivity index (χ3v) is 7.73. The van der Waals surface area contributed by atoms with Crippen molar-refractivity contribution in [2.45, 2.75) is 70.4 Å². The van der Waals surface area contributed by atoms with Gasteiger partial charge in [-0.3, -0.25) is 10.1 Å². The molecule has 1 heterocycles. The molecular weight excluding hydrogens is 460 g/mol. The number of hydrogen-bond donors (Lipinski definition) is 1. The van der Waals surface area contributed by atoms with E-state index in [-0.39, 0.29) is 35.5 Å². The molecule has 0 aromatic heterocycles. The Kier molecular flexibility index (Phi) is 9.44. The van der Waals surface area contributed by atoms with Gasteiger partial charge in [-0.15, -0.1) is 0 Å². The highest BCUT2D eigenvalue weighted by molar-refractivity contribution is 7.89. The number of amides is 1. The number of rotatable bonds is 10. The van der Waals surface area contributed by atoms with Crippen LogP contribution in [0, 0.1) is 22.0 Å². The van der Waals surface area contributed by atoms with Gasteiger partial charge in [0.2, 0.25) is 10.0 Å². The second kappa shape index (κ2) is 11.5. The van der Waals surface area contributed by atoms with E-state index in [4.69, 9.17) is 10.5 Å². The zero-order chi connectivity index (χ0) is 25.7. The second-order valence-corrected chi connectivity index (χ2v) is 12.1. The Morgan fingerprint density at radius 2 is 1.88 bits per heavy atom. The number of sulfonamides is 1. The topological polar surface area (TPSA) is 136 Å². The molecule has 0 saturated carbocycles. The zero-order valence-electron chi connectivity index (χ0n) is 20.8. The minimum atomic E-state index is -3.96. The van der Waals surface area contributed by atoms with E-state index < -0.39 is 32.7 Å². The first kappa shape index (κ1) is 28.0. The number of nitro benzene ring substituents is 1. The van der Waals surface area contributed by atoms with Gasteiger partial charge in [0.25, 0.3) is 5.69 Å². The van der Waals surface area contributed by atoms with Crippen LogP contribution in [0.25, 0.3) is 0 Å². The predicted octanol–water partition coefficient (Wildman–Crippen LogP) is 3.61. The highest BCUT2D eigenvalue weighted by atomic mass is 32.2. The van der Waals surface area contributed by atoms with Crippen LogP contribution in [0.3, 0.4) is 0 Å². The van der Waals surface area contributed by atoms with Gasteiger partial charge >= 0.3 is 6.09 Å². The van der Waals surface area contributed by atoms with Gasteiger partial charge in [-0.1, -0.05) is 13.8 Å². The minimum absolute atomic E-state index is 0.00449. The molecule has 192 valence electrons. The highest BCUT2D eigenvalue weighted by Gasteiger charge is 2.44. The average molecular weight is 499 g/mol. The van der Waals surface area contributed by atoms with Crippen LogP contribution in [-0.2, 0) is 14.8 Å². The van der Waals surface area contributed by atoms with Crippen molar-refractivity contribution in [1.82, 2.24) is 9.21 Å². The van der Waals surface area contributed by atoms with E-state index in [1.807, 2.05) is 13.8 Å². The third kappa shape index (κ3) is 7.38. The van der Waals surface area contributed by atoms with E-state index in [0.29, 0.717) is 32.4 Å². The number of nitro groups is 1. The number of likely N-dealkylation sites (tertiary alicyclic amines) is 1. The van der Waals surface area contributed by atoms with Crippen molar-refractivity contribution in [1.29, 1.82) is 0 Å². The molecule has 0 spiro atoms. The fourth-order valence-corrected chi connectivity index (χ4v) is 5.74. The van der Waals surface area contributed by atoms with Gasteiger partial charge in [-0.25, -0.2) is 13.2 Å². The molecule has 0 radical (unpaired) electrons. The first-order valence-corrected chi connectivity index (χ1v) is 13.1. The van der Waals surface area contributed by atoms with Crippen LogP contribution in [0.15, 0.2) is 29.2 Å². The predicted molar refractivity (Wildman–Crippen MR) is 130 cm³/mol. The number of carbonyl (C=O) groups is 1. The van der Waals surface area contributed by atoms with Gasteiger partial charge in [0.15, 0.2) is 0 Å². The number of hydrogen-bond acceptors (Lipinski definition) is 7. The van der Waals surface area contributed by atoms with Crippen LogP contribution in [-0.4, -0.2) is 66.5 Å². The molecule has 0 unspecified atom stereocenters. The molecule has 1 aromatic rings. The lowest BCUT2D eigenvalue weighted by molar-refractivity contribution is -0.384. The van der Waals surface area contributed by atoms with Crippen molar-refractivity contribution in [3.05, 3.63) is 34.4 Å². The summed E-state index contributed by atoms with van der Waals surface area (Å²) < 4.78 is 34.5. The highest BCUT2D eigenvalue weighted by Crippen LogP contribution is 2.32. The van der Waals surface area contributed by atoms with E-state index in [0.717, 1.165) is 0 Å². The van der Waals surface area contributed by atoms with Crippen LogP contribution < -0.4 is 5.73 Å². The van der Waals surface area contributed by atoms with E-state index in [1.165, 1.54) is 28.6 Å². The Morgan fingerprint density at radius 1 is 1.26 bits per heavy atom. The number of nitrogens with two attached hydrogens (primary N) is 1. The Bertz CT molecular complexity index is 943. The Labute approximate surface area is 202 Å². The van der Waals surface area contributed by atoms with Gasteiger partial charge in [0.1, 0.15) is 5.60 Å². The molecule has 1 fully saturated rings. The summed E-state index contributed by atoms with van der Waals surface area (Å²) in [6.45, 7) is 10.8. The maximum Gasteiger partial charge on any atom is 0.410 e. The molecule has 1 aliphatic heterocycles. The molecule has 0 bridgehead atoms. The number of nitrogens with zero attached hydrogens (tertiary/aromatic N) is 3. The molecule has 0 aliphatic carbocycles. The number of carbonyl (C=O) groups excluding carboxylic acids is 1. The fraction of sp³-hybridized carbons (Fsp3) is 0.696. The molecule has 1 aliphatic rings. The lowest BCUT2D eigenvalue weighted by Crippen LogP contribution is -2.46. The van der Waals surface area contributed by atoms with Crippen LogP contribution in [0.4, 0.5) is 10.5 Å². The second-order valence-electron chi connectivity index (χ2n) is 10.2. The third-order valence-electron chi connectivity index (χ3n) is 5.79. The summed E-state index contributed by atoms with van der Waals surface area (Å²) in [4.78, 5) is 24.8. The zero-order valence-corrected chi connectivity index (χ0v) is 21.6. The van der Waals surface area contributed by atoms with Crippen molar-refractivity contribution >= 4 is 21.8 Å². The van der Waals surface area contributed by atoms with Crippen LogP contribution >= 0.6 is 0 Å². The summed E-state index contributed by atoms with van der Waals surface area (Å²) in [6.07, 6.45) is 1.55. The van der Waals surface area contributed by atoms with Crippen molar-refractivity contribution in [2.24, 2.45) is 17.6 Å². The lowest BCUT2D eigenvalue weighted by Gasteiger charge is -2.32. The summed E-state index contributed by atoms with van der Waals surface area (Å²) in [5, 5.41) is 11.0. The van der Waals surface area contributed by atoms with Crippen molar-refractivity contribution in [3.63, 3.8) is 0 Å². The van der Waals surface area contributed by atoms with Crippen LogP contribution in [0.5, 0.6) is 0 Å². The molecule has 1 amide bonds. The molecule has 1 aromatic carbocycles. The maximum absolute atomic E-state index is 13.7. The summed E-state index contributed by atoms with van der Waals surface area (Å²) in [5.74, 6) is 0.163. The molecule has 2 N–H and O–H groups in total. The smallest absolute Gasteiger partial charge is 0.410 e. The van der Waals surface area contributed by atoms with Gasteiger partial charge in [0, 0.05) is 37.8 Å². The van der Waals surface area contributed by atoms with Gasteiger partial charge < -0.3 is 15.4 Å². The quantitative estimate of drug-likeness (QED) is 0.384. The summed E-state index contributed by atoms with van der Waals surface area (Å²) in [6, 6.07) is 4.48. The first-order chi connectivity index (χ1) is 15.8. The molecule has 11 heteroatoms. The van der Waals surface area contributed by atoms with E-state index >= 15 is 0 Å². The molecule has 2 rings (SSSR count). The summed E-state index contributed by atoms with van der Waals surface area (Å²) >= 11 is 0. The number of non-ortho nitro benzene ring substituents is 1. The Hall–Kier alpha value is -2.24. The van der Waals surface area contributed by atoms with Crippen LogP contribution in [0.1, 0.15) is 53.9 Å². The van der Waals surface area contributed by atoms with Crippen molar-refractivity contribution in [3.8, 4) is 0 Å². The molecule has 34 heavy (non-hydrogen) atoms. The normalized spacial score (nSPS) is 19.1. The Balaban J connectivity index is 2.41. The monoisotopic (exact) mass is 498 g/mol. The van der Waals surface area contributed by atoms with Crippen LogP contribution in [0.2, 0.25) is 0 Å². The van der Waals surface area contributed by atoms with Gasteiger partial charge in [-0.05, 0) is 70.5 Å². The van der Waals surface area contributed by atoms with E-state index in [1.54, 1.807) is 25.7 Å². The lowest BCUT2D eigenvalue weighted by atomic mass is 9.97. The van der Waals surface area contributed by atoms with Gasteiger partial charge in [-0.2, -0.15) is 4.31 Å². The summed E-state index contributed by atoms with van der Waals surface area (Å²) in [5.41, 5.74) is 4.89. The fourth-order valence-electron chi connectivity index (χ4n) is 4.04. The summed E-state index contributed by atoms with van der Waals surface area (Å²) in [7, 11) is -3.96. The largest absolute Gasteiger partial charge is 0.444 e. The number of benzene rings is 1. The van der Waals surface area contributed by atoms with Gasteiger partial charge in [0.05, 0.1) is 9.82 Å². The van der Waals surface area contributed by atoms with Crippen molar-refractivity contribution in [2.75, 3.05) is 26.2 Å². The molecule has 10 nitrogen and oxygen atoms in total. The standard InChI is InChI=1S/C23H38N4O6S/c1-17(2)12-14-26(34(31,32)20-10-8-19(9-11-20)27(29)30)21-16-25(15-18(21)7-6-13-24)22(28)33-23(3,4)5/h8-11,17-18,21H,6-7,12-16,24H2,1-5H3/t18-,21-/m1/s1. The first-order valence-electron chi connectivity index (χ1n) is 11.7. The maximum atomic E-state index is 13.7. The molecule has 2 atom stereocenters. The SMILES string of the molecule is CC(C)CCN([C@@H]1CN(C(=O)OC(C)(C)C)C[C@H]1CCCN)S(=O)(=O)c1ccc([N+](=O)[O-])cc1.